The summed E-state index contributed by atoms with van der Waals surface area (Å²) < 4.78 is 1.01. The lowest BCUT2D eigenvalue weighted by atomic mass is 9.92. The summed E-state index contributed by atoms with van der Waals surface area (Å²) in [6.07, 6.45) is 12.9. The van der Waals surface area contributed by atoms with Gasteiger partial charge in [0.05, 0.1) is 5.69 Å². The van der Waals surface area contributed by atoms with Crippen LogP contribution in [-0.2, 0) is 6.42 Å². The van der Waals surface area contributed by atoms with E-state index in [1.54, 1.807) is 0 Å². The second-order valence-corrected chi connectivity index (χ2v) is 8.25. The number of hydrogen-bond acceptors (Lipinski definition) is 2. The highest BCUT2D eigenvalue weighted by Crippen LogP contribution is 2.37. The average Bonchev–Trinajstić information content (AvgIpc) is 3.23. The monoisotopic (exact) mass is 401 g/mol. The van der Waals surface area contributed by atoms with Crippen molar-refractivity contribution in [3.8, 4) is 0 Å². The summed E-state index contributed by atoms with van der Waals surface area (Å²) in [6.45, 7) is 2.83. The third-order valence-corrected chi connectivity index (χ3v) is 6.03. The van der Waals surface area contributed by atoms with Crippen molar-refractivity contribution in [3.63, 3.8) is 0 Å². The first-order chi connectivity index (χ1) is 12.1. The van der Waals surface area contributed by atoms with Crippen molar-refractivity contribution in [1.82, 2.24) is 15.2 Å². The van der Waals surface area contributed by atoms with Gasteiger partial charge in [-0.2, -0.15) is 0 Å². The van der Waals surface area contributed by atoms with Gasteiger partial charge in [-0.25, -0.2) is 4.79 Å². The van der Waals surface area contributed by atoms with Crippen LogP contribution in [0, 0.1) is 0 Å². The van der Waals surface area contributed by atoms with Gasteiger partial charge < -0.3 is 10.2 Å². The molecule has 3 aliphatic rings. The highest BCUT2D eigenvalue weighted by Gasteiger charge is 2.29. The molecule has 4 nitrogen and oxygen atoms in total. The Balaban J connectivity index is 1.47. The van der Waals surface area contributed by atoms with Crippen LogP contribution in [0.2, 0.25) is 0 Å². The molecular weight excluding hydrogens is 378 g/mol. The molecule has 1 aromatic heterocycles. The molecule has 0 saturated heterocycles. The SMILES string of the molecule is CC1CC(C2=CCc3ncc(Br)cc32)=CCN1C(=O)NC1CCCC1. The number of nitrogens with one attached hydrogen (secondary N) is 1. The number of nitrogens with zero attached hydrogens (tertiary/aromatic N) is 2. The van der Waals surface area contributed by atoms with Gasteiger partial charge in [0, 0.05) is 41.3 Å². The normalized spacial score (nSPS) is 23.3. The van der Waals surface area contributed by atoms with Crippen LogP contribution in [0.1, 0.15) is 50.3 Å². The van der Waals surface area contributed by atoms with Gasteiger partial charge in [0.1, 0.15) is 0 Å². The fourth-order valence-electron chi connectivity index (χ4n) is 4.21. The Labute approximate surface area is 157 Å². The van der Waals surface area contributed by atoms with Gasteiger partial charge in [-0.3, -0.25) is 4.98 Å². The molecule has 2 aliphatic carbocycles. The summed E-state index contributed by atoms with van der Waals surface area (Å²) in [6, 6.07) is 2.84. The Kier molecular flexibility index (Phi) is 4.67. The van der Waals surface area contributed by atoms with Crippen molar-refractivity contribution in [2.24, 2.45) is 0 Å². The molecule has 2 heterocycles. The second-order valence-electron chi connectivity index (χ2n) is 7.34. The van der Waals surface area contributed by atoms with E-state index >= 15 is 0 Å². The summed E-state index contributed by atoms with van der Waals surface area (Å²) in [7, 11) is 0. The largest absolute Gasteiger partial charge is 0.335 e. The molecule has 1 fully saturated rings. The predicted molar refractivity (Wildman–Crippen MR) is 103 cm³/mol. The molecule has 0 spiro atoms. The van der Waals surface area contributed by atoms with Crippen molar-refractivity contribution in [2.75, 3.05) is 6.54 Å². The van der Waals surface area contributed by atoms with Gasteiger partial charge in [-0.05, 0) is 59.3 Å². The van der Waals surface area contributed by atoms with Gasteiger partial charge in [0.15, 0.2) is 0 Å². The molecule has 1 unspecified atom stereocenters. The van der Waals surface area contributed by atoms with E-state index in [-0.39, 0.29) is 12.1 Å². The van der Waals surface area contributed by atoms with Crippen LogP contribution in [0.4, 0.5) is 4.79 Å². The first-order valence-corrected chi connectivity index (χ1v) is 10.0. The predicted octanol–water partition coefficient (Wildman–Crippen LogP) is 4.46. The number of amides is 2. The van der Waals surface area contributed by atoms with E-state index in [0.717, 1.165) is 35.8 Å². The van der Waals surface area contributed by atoms with Crippen LogP contribution in [-0.4, -0.2) is 34.5 Å². The van der Waals surface area contributed by atoms with Gasteiger partial charge in [0.25, 0.3) is 0 Å². The minimum Gasteiger partial charge on any atom is -0.335 e. The van der Waals surface area contributed by atoms with Crippen molar-refractivity contribution in [1.29, 1.82) is 0 Å². The lowest BCUT2D eigenvalue weighted by molar-refractivity contribution is 0.179. The van der Waals surface area contributed by atoms with Crippen LogP contribution < -0.4 is 5.32 Å². The summed E-state index contributed by atoms with van der Waals surface area (Å²) in [5.74, 6) is 0. The van der Waals surface area contributed by atoms with E-state index in [2.05, 4.69) is 51.4 Å². The number of carbonyl (C=O) groups is 1. The zero-order chi connectivity index (χ0) is 17.4. The average molecular weight is 402 g/mol. The van der Waals surface area contributed by atoms with Gasteiger partial charge in [-0.1, -0.05) is 25.0 Å². The van der Waals surface area contributed by atoms with Crippen molar-refractivity contribution < 1.29 is 4.79 Å². The molecule has 5 heteroatoms. The third-order valence-electron chi connectivity index (χ3n) is 5.60. The summed E-state index contributed by atoms with van der Waals surface area (Å²) >= 11 is 3.53. The van der Waals surface area contributed by atoms with Crippen LogP contribution in [0.15, 0.2) is 34.5 Å². The van der Waals surface area contributed by atoms with Crippen LogP contribution >= 0.6 is 15.9 Å². The number of halogens is 1. The standard InChI is InChI=1S/C20H24BrN3O/c1-13-10-14(17-6-7-19-18(17)11-15(21)12-22-19)8-9-24(13)20(25)23-16-4-2-3-5-16/h6,8,11-13,16H,2-5,7,9-10H2,1H3,(H,23,25). The third kappa shape index (κ3) is 3.39. The molecule has 1 saturated carbocycles. The Morgan fingerprint density at radius 1 is 1.32 bits per heavy atom. The summed E-state index contributed by atoms with van der Waals surface area (Å²) in [5, 5.41) is 3.21. The number of carbonyl (C=O) groups excluding carboxylic acids is 1. The molecular formula is C20H24BrN3O. The molecule has 0 bridgehead atoms. The smallest absolute Gasteiger partial charge is 0.318 e. The quantitative estimate of drug-likeness (QED) is 0.794. The van der Waals surface area contributed by atoms with Gasteiger partial charge in [0.2, 0.25) is 0 Å². The Morgan fingerprint density at radius 2 is 2.12 bits per heavy atom. The number of hydrogen-bond donors (Lipinski definition) is 1. The van der Waals surface area contributed by atoms with E-state index in [9.17, 15) is 4.79 Å². The fraction of sp³-hybridized carbons (Fsp3) is 0.500. The van der Waals surface area contributed by atoms with Crippen molar-refractivity contribution >= 4 is 27.5 Å². The molecule has 132 valence electrons. The number of rotatable bonds is 2. The zero-order valence-corrected chi connectivity index (χ0v) is 16.2. The van der Waals surface area contributed by atoms with Gasteiger partial charge in [-0.15, -0.1) is 0 Å². The number of allylic oxidation sites excluding steroid dienone is 2. The number of aromatic nitrogens is 1. The molecule has 4 rings (SSSR count). The maximum Gasteiger partial charge on any atom is 0.318 e. The van der Waals surface area contributed by atoms with E-state index in [1.165, 1.54) is 29.6 Å². The van der Waals surface area contributed by atoms with Crippen LogP contribution in [0.3, 0.4) is 0 Å². The molecule has 2 amide bonds. The minimum absolute atomic E-state index is 0.0971. The maximum atomic E-state index is 12.6. The molecule has 1 atom stereocenters. The highest BCUT2D eigenvalue weighted by molar-refractivity contribution is 9.10. The first-order valence-electron chi connectivity index (χ1n) is 9.23. The van der Waals surface area contributed by atoms with E-state index in [1.807, 2.05) is 11.1 Å². The second kappa shape index (κ2) is 6.94. The topological polar surface area (TPSA) is 45.2 Å². The van der Waals surface area contributed by atoms with Crippen LogP contribution in [0.25, 0.3) is 5.57 Å². The van der Waals surface area contributed by atoms with E-state index in [4.69, 9.17) is 0 Å². The van der Waals surface area contributed by atoms with E-state index in [0.29, 0.717) is 12.6 Å². The zero-order valence-electron chi connectivity index (χ0n) is 14.6. The number of fused-ring (bicyclic) bond motifs is 1. The van der Waals surface area contributed by atoms with Crippen LogP contribution in [0.5, 0.6) is 0 Å². The fourth-order valence-corrected chi connectivity index (χ4v) is 4.54. The van der Waals surface area contributed by atoms with E-state index < -0.39 is 0 Å². The lowest BCUT2D eigenvalue weighted by Gasteiger charge is -2.34. The summed E-state index contributed by atoms with van der Waals surface area (Å²) in [5.41, 5.74) is 5.02. The van der Waals surface area contributed by atoms with Gasteiger partial charge >= 0.3 is 6.03 Å². The minimum atomic E-state index is 0.0971. The molecule has 1 aliphatic heterocycles. The Morgan fingerprint density at radius 3 is 2.88 bits per heavy atom. The molecule has 0 radical (unpaired) electrons. The molecule has 1 N–H and O–H groups in total. The first kappa shape index (κ1) is 16.8. The summed E-state index contributed by atoms with van der Waals surface area (Å²) in [4.78, 5) is 19.1. The maximum absolute atomic E-state index is 12.6. The molecule has 0 aromatic carbocycles. The van der Waals surface area contributed by atoms with Crippen molar-refractivity contribution in [2.45, 2.75) is 57.5 Å². The number of urea groups is 1. The highest BCUT2D eigenvalue weighted by atomic mass is 79.9. The number of pyridine rings is 1. The lowest BCUT2D eigenvalue weighted by Crippen LogP contribution is -2.49. The Bertz CT molecular complexity index is 749. The molecule has 25 heavy (non-hydrogen) atoms. The van der Waals surface area contributed by atoms with Crippen molar-refractivity contribution in [3.05, 3.63) is 45.7 Å². The Hall–Kier alpha value is -1.62. The molecule has 1 aromatic rings.